The third-order valence-electron chi connectivity index (χ3n) is 3.02. The van der Waals surface area contributed by atoms with E-state index in [2.05, 4.69) is 0 Å². The fraction of sp³-hybridized carbons (Fsp3) is 0.125. The number of phenols is 2. The van der Waals surface area contributed by atoms with E-state index < -0.39 is 29.1 Å². The Morgan fingerprint density at radius 3 is 2.52 bits per heavy atom. The number of ether oxygens (including phenoxy) is 1. The van der Waals surface area contributed by atoms with Crippen LogP contribution >= 0.6 is 11.6 Å². The van der Waals surface area contributed by atoms with Gasteiger partial charge in [-0.1, -0.05) is 11.6 Å². The second kappa shape index (κ2) is 6.66. The third-order valence-corrected chi connectivity index (χ3v) is 3.31. The predicted octanol–water partition coefficient (Wildman–Crippen LogP) is 3.30. The minimum absolute atomic E-state index is 0.0682. The maximum absolute atomic E-state index is 13.3. The normalized spacial score (nSPS) is 10.4. The second-order valence-electron chi connectivity index (χ2n) is 4.57. The summed E-state index contributed by atoms with van der Waals surface area (Å²) in [5.41, 5.74) is -0.683. The molecule has 5 nitrogen and oxygen atoms in total. The lowest BCUT2D eigenvalue weighted by atomic mass is 10.00. The van der Waals surface area contributed by atoms with Crippen molar-refractivity contribution in [2.75, 3.05) is 6.61 Å². The van der Waals surface area contributed by atoms with Gasteiger partial charge in [-0.2, -0.15) is 0 Å². The molecule has 7 heteroatoms. The van der Waals surface area contributed by atoms with Crippen LogP contribution in [0.15, 0.2) is 30.3 Å². The first kappa shape index (κ1) is 16.8. The SMILES string of the molecule is CCOC(=O)c1cc(C(=O)c2cc(F)ccc2O)cc(Cl)c1O. The Morgan fingerprint density at radius 2 is 1.87 bits per heavy atom. The zero-order valence-corrected chi connectivity index (χ0v) is 12.7. The van der Waals surface area contributed by atoms with Crippen LogP contribution in [0.1, 0.15) is 33.2 Å². The summed E-state index contributed by atoms with van der Waals surface area (Å²) in [6, 6.07) is 5.09. The molecular formula is C16H12ClFO5. The van der Waals surface area contributed by atoms with Crippen molar-refractivity contribution in [2.45, 2.75) is 6.92 Å². The quantitative estimate of drug-likeness (QED) is 0.660. The number of carbonyl (C=O) groups is 2. The molecular weight excluding hydrogens is 327 g/mol. The van der Waals surface area contributed by atoms with Gasteiger partial charge in [0, 0.05) is 5.56 Å². The standard InChI is InChI=1S/C16H12ClFO5/c1-2-23-16(22)11-5-8(6-12(17)15(11)21)14(20)10-7-9(18)3-4-13(10)19/h3-7,19,21H,2H2,1H3. The van der Waals surface area contributed by atoms with Crippen molar-refractivity contribution in [2.24, 2.45) is 0 Å². The van der Waals surface area contributed by atoms with Gasteiger partial charge in [-0.3, -0.25) is 4.79 Å². The van der Waals surface area contributed by atoms with Gasteiger partial charge in [0.2, 0.25) is 0 Å². The van der Waals surface area contributed by atoms with Crippen LogP contribution in [-0.4, -0.2) is 28.6 Å². The molecule has 0 fully saturated rings. The molecule has 0 saturated carbocycles. The van der Waals surface area contributed by atoms with Crippen molar-refractivity contribution in [1.82, 2.24) is 0 Å². The molecule has 0 aromatic heterocycles. The van der Waals surface area contributed by atoms with Crippen molar-refractivity contribution >= 4 is 23.4 Å². The number of ketones is 1. The lowest BCUT2D eigenvalue weighted by Crippen LogP contribution is -2.09. The van der Waals surface area contributed by atoms with Gasteiger partial charge in [-0.05, 0) is 37.3 Å². The highest BCUT2D eigenvalue weighted by atomic mass is 35.5. The minimum Gasteiger partial charge on any atom is -0.507 e. The van der Waals surface area contributed by atoms with Gasteiger partial charge in [0.05, 0.1) is 17.2 Å². The second-order valence-corrected chi connectivity index (χ2v) is 4.97. The number of esters is 1. The van der Waals surface area contributed by atoms with E-state index in [0.29, 0.717) is 0 Å². The van der Waals surface area contributed by atoms with E-state index in [-0.39, 0.29) is 28.3 Å². The van der Waals surface area contributed by atoms with Gasteiger partial charge in [0.1, 0.15) is 22.9 Å². The van der Waals surface area contributed by atoms with E-state index in [1.807, 2.05) is 0 Å². The first-order valence-corrected chi connectivity index (χ1v) is 6.95. The first-order valence-electron chi connectivity index (χ1n) is 6.58. The Bertz CT molecular complexity index is 788. The zero-order chi connectivity index (χ0) is 17.1. The first-order chi connectivity index (χ1) is 10.8. The van der Waals surface area contributed by atoms with Gasteiger partial charge in [0.25, 0.3) is 0 Å². The molecule has 0 bridgehead atoms. The number of hydrogen-bond acceptors (Lipinski definition) is 5. The monoisotopic (exact) mass is 338 g/mol. The van der Waals surface area contributed by atoms with E-state index in [9.17, 15) is 24.2 Å². The molecule has 0 radical (unpaired) electrons. The van der Waals surface area contributed by atoms with Gasteiger partial charge in [-0.15, -0.1) is 0 Å². The van der Waals surface area contributed by atoms with Crippen LogP contribution < -0.4 is 0 Å². The highest BCUT2D eigenvalue weighted by Gasteiger charge is 2.21. The van der Waals surface area contributed by atoms with E-state index in [1.54, 1.807) is 6.92 Å². The molecule has 0 saturated heterocycles. The largest absolute Gasteiger partial charge is 0.507 e. The van der Waals surface area contributed by atoms with Crippen molar-refractivity contribution in [1.29, 1.82) is 0 Å². The molecule has 0 unspecified atom stereocenters. The summed E-state index contributed by atoms with van der Waals surface area (Å²) < 4.78 is 18.0. The molecule has 2 rings (SSSR count). The Morgan fingerprint density at radius 1 is 1.17 bits per heavy atom. The number of aromatic hydroxyl groups is 2. The average Bonchev–Trinajstić information content (AvgIpc) is 2.51. The molecule has 2 aromatic carbocycles. The van der Waals surface area contributed by atoms with Gasteiger partial charge < -0.3 is 14.9 Å². The fourth-order valence-corrected chi connectivity index (χ4v) is 2.16. The Balaban J connectivity index is 2.53. The molecule has 120 valence electrons. The third kappa shape index (κ3) is 3.43. The Labute approximate surface area is 135 Å². The maximum Gasteiger partial charge on any atom is 0.341 e. The van der Waals surface area contributed by atoms with Crippen molar-refractivity contribution in [3.8, 4) is 11.5 Å². The number of phenolic OH excluding ortho intramolecular Hbond substituents is 2. The van der Waals surface area contributed by atoms with Gasteiger partial charge in [-0.25, -0.2) is 9.18 Å². The average molecular weight is 339 g/mol. The van der Waals surface area contributed by atoms with Crippen LogP contribution in [0.2, 0.25) is 5.02 Å². The lowest BCUT2D eigenvalue weighted by molar-refractivity contribution is 0.0523. The summed E-state index contributed by atoms with van der Waals surface area (Å²) in [5.74, 6) is -3.26. The smallest absolute Gasteiger partial charge is 0.341 e. The topological polar surface area (TPSA) is 83.8 Å². The summed E-state index contributed by atoms with van der Waals surface area (Å²) >= 11 is 5.82. The Kier molecular flexibility index (Phi) is 4.86. The van der Waals surface area contributed by atoms with Gasteiger partial charge in [0.15, 0.2) is 5.78 Å². The molecule has 0 amide bonds. The number of hydrogen-bond donors (Lipinski definition) is 2. The van der Waals surface area contributed by atoms with Crippen LogP contribution in [0.3, 0.4) is 0 Å². The van der Waals surface area contributed by atoms with E-state index >= 15 is 0 Å². The van der Waals surface area contributed by atoms with Crippen molar-refractivity contribution < 1.29 is 28.9 Å². The molecule has 0 spiro atoms. The van der Waals surface area contributed by atoms with Gasteiger partial charge >= 0.3 is 5.97 Å². The molecule has 0 aliphatic carbocycles. The van der Waals surface area contributed by atoms with Crippen LogP contribution in [0, 0.1) is 5.82 Å². The molecule has 2 N–H and O–H groups in total. The van der Waals surface area contributed by atoms with Crippen LogP contribution in [0.5, 0.6) is 11.5 Å². The summed E-state index contributed by atoms with van der Waals surface area (Å²) in [7, 11) is 0. The molecule has 0 aliphatic heterocycles. The summed E-state index contributed by atoms with van der Waals surface area (Å²) in [6.07, 6.45) is 0. The number of halogens is 2. The van der Waals surface area contributed by atoms with E-state index in [0.717, 1.165) is 30.3 Å². The molecule has 2 aromatic rings. The van der Waals surface area contributed by atoms with E-state index in [4.69, 9.17) is 16.3 Å². The maximum atomic E-state index is 13.3. The molecule has 0 heterocycles. The van der Waals surface area contributed by atoms with Crippen molar-refractivity contribution in [3.05, 3.63) is 57.9 Å². The molecule has 23 heavy (non-hydrogen) atoms. The summed E-state index contributed by atoms with van der Waals surface area (Å²) in [6.45, 7) is 1.65. The Hall–Kier alpha value is -2.60. The number of rotatable bonds is 4. The van der Waals surface area contributed by atoms with Crippen LogP contribution in [-0.2, 0) is 4.74 Å². The number of benzene rings is 2. The lowest BCUT2D eigenvalue weighted by Gasteiger charge is -2.09. The summed E-state index contributed by atoms with van der Waals surface area (Å²) in [4.78, 5) is 24.2. The fourth-order valence-electron chi connectivity index (χ4n) is 1.94. The number of carbonyl (C=O) groups excluding carboxylic acids is 2. The highest BCUT2D eigenvalue weighted by molar-refractivity contribution is 6.33. The van der Waals surface area contributed by atoms with Crippen LogP contribution in [0.25, 0.3) is 0 Å². The van der Waals surface area contributed by atoms with E-state index in [1.165, 1.54) is 0 Å². The highest BCUT2D eigenvalue weighted by Crippen LogP contribution is 2.31. The zero-order valence-electron chi connectivity index (χ0n) is 12.0. The van der Waals surface area contributed by atoms with Crippen LogP contribution in [0.4, 0.5) is 4.39 Å². The van der Waals surface area contributed by atoms with Crippen molar-refractivity contribution in [3.63, 3.8) is 0 Å². The molecule has 0 atom stereocenters. The minimum atomic E-state index is -0.856. The predicted molar refractivity (Wildman–Crippen MR) is 80.6 cm³/mol. The molecule has 0 aliphatic rings. The summed E-state index contributed by atoms with van der Waals surface area (Å²) in [5, 5.41) is 19.3.